The van der Waals surface area contributed by atoms with Crippen LogP contribution in [0.2, 0.25) is 0 Å². The van der Waals surface area contributed by atoms with E-state index in [1.54, 1.807) is 0 Å². The van der Waals surface area contributed by atoms with Crippen molar-refractivity contribution < 1.29 is 23.1 Å². The first-order chi connectivity index (χ1) is 10.6. The lowest BCUT2D eigenvalue weighted by molar-refractivity contribution is -0.150. The number of carbonyl (C=O) groups excluding carboxylic acids is 1. The van der Waals surface area contributed by atoms with Gasteiger partial charge in [-0.05, 0) is 44.4 Å². The van der Waals surface area contributed by atoms with Gasteiger partial charge in [-0.3, -0.25) is 4.79 Å². The van der Waals surface area contributed by atoms with E-state index in [4.69, 9.17) is 0 Å². The van der Waals surface area contributed by atoms with Crippen molar-refractivity contribution in [3.05, 3.63) is 0 Å². The van der Waals surface area contributed by atoms with Gasteiger partial charge in [-0.15, -0.1) is 0 Å². The molecule has 0 spiro atoms. The maximum absolute atomic E-state index is 12.5. The molecule has 8 heteroatoms. The summed E-state index contributed by atoms with van der Waals surface area (Å²) in [5, 5.41) is 12.3. The minimum atomic E-state index is -3.33. The van der Waals surface area contributed by atoms with E-state index in [0.717, 1.165) is 19.1 Å². The summed E-state index contributed by atoms with van der Waals surface area (Å²) < 4.78 is 24.6. The SMILES string of the molecule is CC1CCC(NC(=O)C2CCCN(S(C)(=O)=O)C2)(C(=O)O)CC1. The van der Waals surface area contributed by atoms with Gasteiger partial charge in [-0.1, -0.05) is 6.92 Å². The second-order valence-electron chi connectivity index (χ2n) is 7.02. The molecule has 0 radical (unpaired) electrons. The van der Waals surface area contributed by atoms with Gasteiger partial charge in [0, 0.05) is 13.1 Å². The normalized spacial score (nSPS) is 33.1. The summed E-state index contributed by atoms with van der Waals surface area (Å²) in [4.78, 5) is 24.2. The molecule has 0 aromatic heterocycles. The molecule has 0 bridgehead atoms. The first-order valence-corrected chi connectivity index (χ1v) is 9.99. The second kappa shape index (κ2) is 6.76. The summed E-state index contributed by atoms with van der Waals surface area (Å²) in [6, 6.07) is 0. The number of hydrogen-bond donors (Lipinski definition) is 2. The van der Waals surface area contributed by atoms with Gasteiger partial charge < -0.3 is 10.4 Å². The Morgan fingerprint density at radius 2 is 1.83 bits per heavy atom. The highest BCUT2D eigenvalue weighted by Gasteiger charge is 2.44. The molecule has 1 aliphatic carbocycles. The van der Waals surface area contributed by atoms with E-state index in [9.17, 15) is 23.1 Å². The number of piperidine rings is 1. The number of nitrogens with zero attached hydrogens (tertiary/aromatic N) is 1. The number of sulfonamides is 1. The van der Waals surface area contributed by atoms with E-state index >= 15 is 0 Å². The highest BCUT2D eigenvalue weighted by molar-refractivity contribution is 7.88. The molecule has 0 aromatic carbocycles. The Kier molecular flexibility index (Phi) is 5.35. The average Bonchev–Trinajstić information content (AvgIpc) is 2.49. The highest BCUT2D eigenvalue weighted by Crippen LogP contribution is 2.33. The fourth-order valence-corrected chi connectivity index (χ4v) is 4.35. The topological polar surface area (TPSA) is 104 Å². The average molecular weight is 346 g/mol. The number of nitrogens with one attached hydrogen (secondary N) is 1. The van der Waals surface area contributed by atoms with E-state index < -0.39 is 27.4 Å². The van der Waals surface area contributed by atoms with Crippen molar-refractivity contribution in [2.24, 2.45) is 11.8 Å². The molecule has 1 amide bonds. The van der Waals surface area contributed by atoms with Crippen molar-refractivity contribution in [3.8, 4) is 0 Å². The van der Waals surface area contributed by atoms with E-state index in [-0.39, 0.29) is 12.5 Å². The number of rotatable bonds is 4. The predicted octanol–water partition coefficient (Wildman–Crippen LogP) is 0.808. The zero-order valence-corrected chi connectivity index (χ0v) is 14.6. The van der Waals surface area contributed by atoms with Gasteiger partial charge >= 0.3 is 5.97 Å². The monoisotopic (exact) mass is 346 g/mol. The van der Waals surface area contributed by atoms with Crippen molar-refractivity contribution in [2.45, 2.75) is 51.0 Å². The van der Waals surface area contributed by atoms with Crippen LogP contribution in [0.3, 0.4) is 0 Å². The number of carboxylic acid groups (broad SMARTS) is 1. The first kappa shape index (κ1) is 18.2. The molecule has 1 aliphatic heterocycles. The Bertz CT molecular complexity index is 566. The molecular formula is C15H26N2O5S. The molecule has 1 heterocycles. The Labute approximate surface area is 137 Å². The van der Waals surface area contributed by atoms with Crippen molar-refractivity contribution in [2.75, 3.05) is 19.3 Å². The summed E-state index contributed by atoms with van der Waals surface area (Å²) in [5.74, 6) is -1.34. The summed E-state index contributed by atoms with van der Waals surface area (Å²) in [6.07, 6.45) is 4.73. The van der Waals surface area contributed by atoms with E-state index in [2.05, 4.69) is 12.2 Å². The lowest BCUT2D eigenvalue weighted by Gasteiger charge is -2.38. The van der Waals surface area contributed by atoms with Gasteiger partial charge in [0.15, 0.2) is 0 Å². The molecule has 23 heavy (non-hydrogen) atoms. The van der Waals surface area contributed by atoms with Crippen LogP contribution in [0.15, 0.2) is 0 Å². The molecule has 1 atom stereocenters. The molecule has 2 N–H and O–H groups in total. The van der Waals surface area contributed by atoms with E-state index in [0.29, 0.717) is 38.1 Å². The van der Waals surface area contributed by atoms with Crippen LogP contribution >= 0.6 is 0 Å². The smallest absolute Gasteiger partial charge is 0.329 e. The quantitative estimate of drug-likeness (QED) is 0.784. The van der Waals surface area contributed by atoms with Crippen molar-refractivity contribution >= 4 is 21.9 Å². The summed E-state index contributed by atoms with van der Waals surface area (Å²) in [7, 11) is -3.33. The standard InChI is InChI=1S/C15H26N2O5S/c1-11-5-7-15(8-6-11,14(19)20)16-13(18)12-4-3-9-17(10-12)23(2,21)22/h11-12H,3-10H2,1-2H3,(H,16,18)(H,19,20). The highest BCUT2D eigenvalue weighted by atomic mass is 32.2. The molecule has 7 nitrogen and oxygen atoms in total. The molecular weight excluding hydrogens is 320 g/mol. The first-order valence-electron chi connectivity index (χ1n) is 8.14. The molecule has 1 saturated heterocycles. The van der Waals surface area contributed by atoms with Crippen molar-refractivity contribution in [1.29, 1.82) is 0 Å². The fraction of sp³-hybridized carbons (Fsp3) is 0.867. The lowest BCUT2D eigenvalue weighted by atomic mass is 9.76. The zero-order valence-electron chi connectivity index (χ0n) is 13.7. The number of aliphatic carboxylic acids is 1. The van der Waals surface area contributed by atoms with Gasteiger partial charge in [-0.2, -0.15) is 0 Å². The maximum Gasteiger partial charge on any atom is 0.329 e. The van der Waals surface area contributed by atoms with Gasteiger partial charge in [-0.25, -0.2) is 17.5 Å². The summed E-state index contributed by atoms with van der Waals surface area (Å²) in [6.45, 7) is 2.64. The van der Waals surface area contributed by atoms with Crippen LogP contribution in [0.1, 0.15) is 45.4 Å². The molecule has 1 saturated carbocycles. The number of carboxylic acids is 1. The van der Waals surface area contributed by atoms with Crippen molar-refractivity contribution in [3.63, 3.8) is 0 Å². The second-order valence-corrected chi connectivity index (χ2v) is 9.00. The van der Waals surface area contributed by atoms with Crippen LogP contribution in [0.25, 0.3) is 0 Å². The van der Waals surface area contributed by atoms with Crippen LogP contribution in [-0.4, -0.2) is 54.6 Å². The number of carbonyl (C=O) groups is 2. The van der Waals surface area contributed by atoms with Gasteiger partial charge in [0.05, 0.1) is 12.2 Å². The van der Waals surface area contributed by atoms with Crippen LogP contribution in [0.5, 0.6) is 0 Å². The van der Waals surface area contributed by atoms with Crippen LogP contribution in [-0.2, 0) is 19.6 Å². The van der Waals surface area contributed by atoms with Crippen LogP contribution in [0.4, 0.5) is 0 Å². The third-order valence-corrected chi connectivity index (χ3v) is 6.39. The minimum Gasteiger partial charge on any atom is -0.480 e. The molecule has 0 aromatic rings. The minimum absolute atomic E-state index is 0.136. The lowest BCUT2D eigenvalue weighted by Crippen LogP contribution is -2.58. The third kappa shape index (κ3) is 4.23. The maximum atomic E-state index is 12.5. The Balaban J connectivity index is 2.06. The molecule has 2 rings (SSSR count). The Hall–Kier alpha value is -1.15. The molecule has 2 aliphatic rings. The zero-order chi connectivity index (χ0) is 17.3. The number of hydrogen-bond acceptors (Lipinski definition) is 4. The van der Waals surface area contributed by atoms with Crippen molar-refractivity contribution in [1.82, 2.24) is 9.62 Å². The van der Waals surface area contributed by atoms with Gasteiger partial charge in [0.25, 0.3) is 0 Å². The van der Waals surface area contributed by atoms with Crippen LogP contribution < -0.4 is 5.32 Å². The Morgan fingerprint density at radius 1 is 1.22 bits per heavy atom. The fourth-order valence-electron chi connectivity index (χ4n) is 3.44. The predicted molar refractivity (Wildman–Crippen MR) is 85.3 cm³/mol. The summed E-state index contributed by atoms with van der Waals surface area (Å²) in [5.41, 5.74) is -1.20. The Morgan fingerprint density at radius 3 is 2.35 bits per heavy atom. The molecule has 2 fully saturated rings. The van der Waals surface area contributed by atoms with E-state index in [1.165, 1.54) is 4.31 Å². The molecule has 1 unspecified atom stereocenters. The third-order valence-electron chi connectivity index (χ3n) is 5.12. The summed E-state index contributed by atoms with van der Waals surface area (Å²) >= 11 is 0. The van der Waals surface area contributed by atoms with Crippen LogP contribution in [0, 0.1) is 11.8 Å². The largest absolute Gasteiger partial charge is 0.480 e. The number of amides is 1. The van der Waals surface area contributed by atoms with Gasteiger partial charge in [0.2, 0.25) is 15.9 Å². The molecule has 132 valence electrons. The van der Waals surface area contributed by atoms with Gasteiger partial charge in [0.1, 0.15) is 5.54 Å². The van der Waals surface area contributed by atoms with E-state index in [1.807, 2.05) is 0 Å².